The van der Waals surface area contributed by atoms with Crippen molar-refractivity contribution in [2.45, 2.75) is 37.5 Å². The highest BCUT2D eigenvalue weighted by molar-refractivity contribution is 7.91. The average Bonchev–Trinajstić information content (AvgIpc) is 2.39. The van der Waals surface area contributed by atoms with Crippen LogP contribution in [0.1, 0.15) is 37.0 Å². The van der Waals surface area contributed by atoms with E-state index >= 15 is 0 Å². The van der Waals surface area contributed by atoms with E-state index < -0.39 is 15.1 Å². The van der Waals surface area contributed by atoms with Gasteiger partial charge >= 0.3 is 0 Å². The van der Waals surface area contributed by atoms with Crippen LogP contribution in [0.25, 0.3) is 0 Å². The molecule has 0 unspecified atom stereocenters. The second-order valence-electron chi connectivity index (χ2n) is 5.01. The molecule has 106 valence electrons. The number of ether oxygens (including phenoxy) is 1. The van der Waals surface area contributed by atoms with E-state index in [-0.39, 0.29) is 11.9 Å². The van der Waals surface area contributed by atoms with Gasteiger partial charge in [0.2, 0.25) is 0 Å². The highest BCUT2D eigenvalue weighted by Gasteiger charge is 2.28. The number of hydrogen-bond donors (Lipinski definition) is 0. The second-order valence-corrected chi connectivity index (χ2v) is 7.81. The minimum atomic E-state index is -3.19. The third-order valence-electron chi connectivity index (χ3n) is 3.57. The summed E-state index contributed by atoms with van der Waals surface area (Å²) in [4.78, 5) is 0. The summed E-state index contributed by atoms with van der Waals surface area (Å²) >= 11 is 5.82. The molecule has 0 aliphatic carbocycles. The molecule has 2 atom stereocenters. The molecule has 19 heavy (non-hydrogen) atoms. The average molecular weight is 303 g/mol. The Balaban J connectivity index is 2.07. The molecule has 1 aliphatic heterocycles. The van der Waals surface area contributed by atoms with Gasteiger partial charge in [-0.25, -0.2) is 8.42 Å². The molecule has 2 rings (SSSR count). The summed E-state index contributed by atoms with van der Waals surface area (Å²) in [6.45, 7) is 2.40. The highest BCUT2D eigenvalue weighted by atomic mass is 35.5. The van der Waals surface area contributed by atoms with E-state index in [4.69, 9.17) is 16.3 Å². The first-order valence-electron chi connectivity index (χ1n) is 6.57. The predicted molar refractivity (Wildman–Crippen MR) is 77.2 cm³/mol. The number of rotatable bonds is 4. The van der Waals surface area contributed by atoms with Crippen LogP contribution in [-0.2, 0) is 14.6 Å². The Hall–Kier alpha value is -0.580. The number of sulfone groups is 1. The monoisotopic (exact) mass is 302 g/mol. The molecule has 1 heterocycles. The van der Waals surface area contributed by atoms with Crippen LogP contribution in [0.5, 0.6) is 0 Å². The molecule has 5 heteroatoms. The van der Waals surface area contributed by atoms with Crippen molar-refractivity contribution in [2.75, 3.05) is 12.4 Å². The Morgan fingerprint density at radius 1 is 1.32 bits per heavy atom. The highest BCUT2D eigenvalue weighted by Crippen LogP contribution is 2.26. The SMILES string of the molecule is C[C@H](c1ccc(Cl)cc1)S(=O)(=O)C[C@H]1CCCCO1. The van der Waals surface area contributed by atoms with E-state index in [0.29, 0.717) is 11.6 Å². The molecule has 1 fully saturated rings. The molecule has 0 saturated carbocycles. The normalized spacial score (nSPS) is 22.1. The summed E-state index contributed by atoms with van der Waals surface area (Å²) in [5.74, 6) is 0.108. The van der Waals surface area contributed by atoms with Crippen molar-refractivity contribution in [3.05, 3.63) is 34.9 Å². The molecule has 3 nitrogen and oxygen atoms in total. The summed E-state index contributed by atoms with van der Waals surface area (Å²) in [6.07, 6.45) is 2.78. The van der Waals surface area contributed by atoms with E-state index in [1.165, 1.54) is 0 Å². The maximum Gasteiger partial charge on any atom is 0.159 e. The Morgan fingerprint density at radius 3 is 2.58 bits per heavy atom. The Bertz CT molecular complexity index is 504. The van der Waals surface area contributed by atoms with Crippen molar-refractivity contribution in [3.8, 4) is 0 Å². The zero-order valence-electron chi connectivity index (χ0n) is 11.0. The van der Waals surface area contributed by atoms with Crippen molar-refractivity contribution < 1.29 is 13.2 Å². The molecule has 0 amide bonds. The van der Waals surface area contributed by atoms with Gasteiger partial charge in [0.1, 0.15) is 0 Å². The van der Waals surface area contributed by atoms with Crippen LogP contribution >= 0.6 is 11.6 Å². The quantitative estimate of drug-likeness (QED) is 0.856. The maximum atomic E-state index is 12.4. The van der Waals surface area contributed by atoms with Crippen LogP contribution in [0.4, 0.5) is 0 Å². The first kappa shape index (κ1) is 14.8. The van der Waals surface area contributed by atoms with Crippen LogP contribution in [0.3, 0.4) is 0 Å². The third kappa shape index (κ3) is 3.94. The third-order valence-corrected chi connectivity index (χ3v) is 6.01. The maximum absolute atomic E-state index is 12.4. The summed E-state index contributed by atoms with van der Waals surface area (Å²) in [5.41, 5.74) is 0.778. The lowest BCUT2D eigenvalue weighted by Gasteiger charge is -2.24. The molecule has 0 radical (unpaired) electrons. The van der Waals surface area contributed by atoms with Crippen LogP contribution < -0.4 is 0 Å². The summed E-state index contributed by atoms with van der Waals surface area (Å²) in [6, 6.07) is 6.98. The summed E-state index contributed by atoms with van der Waals surface area (Å²) < 4.78 is 30.3. The van der Waals surface area contributed by atoms with Gasteiger partial charge in [-0.1, -0.05) is 23.7 Å². The second kappa shape index (κ2) is 6.25. The van der Waals surface area contributed by atoms with Crippen LogP contribution in [0.15, 0.2) is 24.3 Å². The van der Waals surface area contributed by atoms with Gasteiger partial charge in [0.05, 0.1) is 17.1 Å². The largest absolute Gasteiger partial charge is 0.377 e. The number of halogens is 1. The smallest absolute Gasteiger partial charge is 0.159 e. The van der Waals surface area contributed by atoms with Crippen molar-refractivity contribution in [1.82, 2.24) is 0 Å². The van der Waals surface area contributed by atoms with Crippen LogP contribution in [0, 0.1) is 0 Å². The molecule has 0 bridgehead atoms. The lowest BCUT2D eigenvalue weighted by molar-refractivity contribution is 0.0304. The fraction of sp³-hybridized carbons (Fsp3) is 0.571. The fourth-order valence-electron chi connectivity index (χ4n) is 2.28. The molecule has 1 saturated heterocycles. The standard InChI is InChI=1S/C14H19ClO3S/c1-11(12-5-7-13(15)8-6-12)19(16,17)10-14-4-2-3-9-18-14/h5-8,11,14H,2-4,9-10H2,1H3/t11-,14-/m1/s1. The molecule has 1 aromatic rings. The minimum Gasteiger partial charge on any atom is -0.377 e. The van der Waals surface area contributed by atoms with Gasteiger partial charge < -0.3 is 4.74 Å². The molecule has 0 aromatic heterocycles. The lowest BCUT2D eigenvalue weighted by atomic mass is 10.1. The van der Waals surface area contributed by atoms with Gasteiger partial charge in [-0.3, -0.25) is 0 Å². The van der Waals surface area contributed by atoms with E-state index in [2.05, 4.69) is 0 Å². The van der Waals surface area contributed by atoms with Gasteiger partial charge in [0, 0.05) is 11.6 Å². The van der Waals surface area contributed by atoms with Gasteiger partial charge in [0.15, 0.2) is 9.84 Å². The first-order valence-corrected chi connectivity index (χ1v) is 8.67. The number of hydrogen-bond acceptors (Lipinski definition) is 3. The Kier molecular flexibility index (Phi) is 4.87. The summed E-state index contributed by atoms with van der Waals surface area (Å²) in [5, 5.41) is 0.0965. The molecular formula is C14H19ClO3S. The molecule has 0 N–H and O–H groups in total. The van der Waals surface area contributed by atoms with Crippen molar-refractivity contribution in [1.29, 1.82) is 0 Å². The zero-order chi connectivity index (χ0) is 13.9. The molecule has 0 spiro atoms. The van der Waals surface area contributed by atoms with E-state index in [0.717, 1.165) is 24.8 Å². The first-order chi connectivity index (χ1) is 8.99. The molecular weight excluding hydrogens is 284 g/mol. The van der Waals surface area contributed by atoms with Crippen molar-refractivity contribution in [3.63, 3.8) is 0 Å². The number of benzene rings is 1. The predicted octanol–water partition coefficient (Wildman–Crippen LogP) is 3.38. The molecule has 1 aliphatic rings. The van der Waals surface area contributed by atoms with E-state index in [9.17, 15) is 8.42 Å². The van der Waals surface area contributed by atoms with Gasteiger partial charge in [-0.2, -0.15) is 0 Å². The minimum absolute atomic E-state index is 0.108. The van der Waals surface area contributed by atoms with Crippen LogP contribution in [0.2, 0.25) is 5.02 Å². The van der Waals surface area contributed by atoms with Gasteiger partial charge in [-0.05, 0) is 43.9 Å². The zero-order valence-corrected chi connectivity index (χ0v) is 12.6. The van der Waals surface area contributed by atoms with Crippen molar-refractivity contribution >= 4 is 21.4 Å². The van der Waals surface area contributed by atoms with Crippen molar-refractivity contribution in [2.24, 2.45) is 0 Å². The topological polar surface area (TPSA) is 43.4 Å². The fourth-order valence-corrected chi connectivity index (χ4v) is 4.05. The van der Waals surface area contributed by atoms with E-state index in [1.54, 1.807) is 31.2 Å². The van der Waals surface area contributed by atoms with Gasteiger partial charge in [0.25, 0.3) is 0 Å². The van der Waals surface area contributed by atoms with Gasteiger partial charge in [-0.15, -0.1) is 0 Å². The van der Waals surface area contributed by atoms with E-state index in [1.807, 2.05) is 0 Å². The van der Waals surface area contributed by atoms with Crippen LogP contribution in [-0.4, -0.2) is 26.9 Å². The summed E-state index contributed by atoms with van der Waals surface area (Å²) in [7, 11) is -3.19. The lowest BCUT2D eigenvalue weighted by Crippen LogP contribution is -2.29. The molecule has 1 aromatic carbocycles. The Morgan fingerprint density at radius 2 is 2.00 bits per heavy atom. The Labute approximate surface area is 119 Å².